The van der Waals surface area contributed by atoms with E-state index < -0.39 is 0 Å². The summed E-state index contributed by atoms with van der Waals surface area (Å²) in [5.74, 6) is 0.848. The third-order valence-electron chi connectivity index (χ3n) is 3.08. The normalized spacial score (nSPS) is 12.3. The third-order valence-corrected chi connectivity index (χ3v) is 5.07. The maximum absolute atomic E-state index is 4.26. The van der Waals surface area contributed by atoms with E-state index in [9.17, 15) is 0 Å². The molecule has 0 aliphatic heterocycles. The number of hydrogen-bond acceptors (Lipinski definition) is 3. The van der Waals surface area contributed by atoms with E-state index in [1.54, 1.807) is 18.8 Å². The van der Waals surface area contributed by atoms with Gasteiger partial charge in [0.05, 0.1) is 0 Å². The molecule has 0 amide bonds. The van der Waals surface area contributed by atoms with E-state index in [2.05, 4.69) is 66.3 Å². The van der Waals surface area contributed by atoms with E-state index >= 15 is 0 Å². The third kappa shape index (κ3) is 6.09. The van der Waals surface area contributed by atoms with E-state index in [4.69, 9.17) is 0 Å². The largest absolute Gasteiger partial charge is 0.355 e. The fraction of sp³-hybridized carbons (Fsp3) is 0.533. The molecule has 0 fully saturated rings. The molecule has 1 rings (SSSR count). The summed E-state index contributed by atoms with van der Waals surface area (Å²) in [6.45, 7) is 6.12. The first-order chi connectivity index (χ1) is 9.50. The molecule has 2 N–H and O–H groups in total. The van der Waals surface area contributed by atoms with Crippen molar-refractivity contribution in [3.63, 3.8) is 0 Å². The van der Waals surface area contributed by atoms with E-state index in [0.29, 0.717) is 0 Å². The van der Waals surface area contributed by atoms with Gasteiger partial charge in [-0.2, -0.15) is 11.8 Å². The van der Waals surface area contributed by atoms with Gasteiger partial charge in [0, 0.05) is 29.8 Å². The van der Waals surface area contributed by atoms with Gasteiger partial charge in [0.15, 0.2) is 5.96 Å². The molecule has 0 bridgehead atoms. The van der Waals surface area contributed by atoms with Crippen LogP contribution in [0.1, 0.15) is 19.4 Å². The van der Waals surface area contributed by atoms with Crippen molar-refractivity contribution in [2.75, 3.05) is 26.1 Å². The molecule has 3 nitrogen and oxygen atoms in total. The molecule has 112 valence electrons. The Hall–Kier alpha value is -0.810. The zero-order valence-electron chi connectivity index (χ0n) is 13.0. The Morgan fingerprint density at radius 3 is 2.30 bits per heavy atom. The summed E-state index contributed by atoms with van der Waals surface area (Å²) >= 11 is 3.61. The molecule has 0 aliphatic rings. The molecule has 0 aromatic heterocycles. The van der Waals surface area contributed by atoms with Crippen molar-refractivity contribution < 1.29 is 0 Å². The summed E-state index contributed by atoms with van der Waals surface area (Å²) in [7, 11) is 1.80. The van der Waals surface area contributed by atoms with Gasteiger partial charge in [-0.1, -0.05) is 12.1 Å². The molecule has 0 saturated heterocycles. The zero-order chi connectivity index (χ0) is 15.0. The van der Waals surface area contributed by atoms with Gasteiger partial charge in [-0.25, -0.2) is 0 Å². The SMILES string of the molecule is CN=C(NCc1ccc(SC)cc1)NCC(C)(C)SC. The Balaban J connectivity index is 2.45. The number of benzene rings is 1. The van der Waals surface area contributed by atoms with Crippen LogP contribution in [0.15, 0.2) is 34.2 Å². The van der Waals surface area contributed by atoms with Gasteiger partial charge in [-0.3, -0.25) is 4.99 Å². The summed E-state index contributed by atoms with van der Waals surface area (Å²) in [6.07, 6.45) is 4.22. The number of aliphatic imine (C=N–C) groups is 1. The monoisotopic (exact) mass is 311 g/mol. The Morgan fingerprint density at radius 2 is 1.80 bits per heavy atom. The first-order valence-electron chi connectivity index (χ1n) is 6.63. The molecule has 0 unspecified atom stereocenters. The predicted molar refractivity (Wildman–Crippen MR) is 94.0 cm³/mol. The van der Waals surface area contributed by atoms with Crippen molar-refractivity contribution in [1.82, 2.24) is 10.6 Å². The van der Waals surface area contributed by atoms with Crippen LogP contribution in [0, 0.1) is 0 Å². The molecule has 20 heavy (non-hydrogen) atoms. The lowest BCUT2D eigenvalue weighted by molar-refractivity contribution is 0.664. The van der Waals surface area contributed by atoms with Crippen LogP contribution in [-0.2, 0) is 6.54 Å². The zero-order valence-corrected chi connectivity index (χ0v) is 14.6. The Morgan fingerprint density at radius 1 is 1.15 bits per heavy atom. The van der Waals surface area contributed by atoms with Gasteiger partial charge in [-0.05, 0) is 44.1 Å². The average Bonchev–Trinajstić information content (AvgIpc) is 2.48. The van der Waals surface area contributed by atoms with Crippen LogP contribution in [0.3, 0.4) is 0 Å². The molecule has 0 spiro atoms. The molecule has 0 saturated carbocycles. The van der Waals surface area contributed by atoms with Crippen LogP contribution < -0.4 is 10.6 Å². The van der Waals surface area contributed by atoms with Crippen molar-refractivity contribution in [3.8, 4) is 0 Å². The van der Waals surface area contributed by atoms with Crippen LogP contribution >= 0.6 is 23.5 Å². The Kier molecular flexibility index (Phi) is 7.30. The topological polar surface area (TPSA) is 36.4 Å². The smallest absolute Gasteiger partial charge is 0.191 e. The maximum atomic E-state index is 4.26. The molecule has 1 aromatic rings. The minimum Gasteiger partial charge on any atom is -0.355 e. The lowest BCUT2D eigenvalue weighted by Gasteiger charge is -2.23. The van der Waals surface area contributed by atoms with Crippen molar-refractivity contribution in [3.05, 3.63) is 29.8 Å². The second-order valence-electron chi connectivity index (χ2n) is 5.09. The first kappa shape index (κ1) is 17.2. The standard InChI is InChI=1S/C15H25N3S2/c1-15(2,20-5)11-18-14(16-3)17-10-12-6-8-13(19-4)9-7-12/h6-9H,10-11H2,1-5H3,(H2,16,17,18). The van der Waals surface area contributed by atoms with E-state index in [1.165, 1.54) is 10.5 Å². The van der Waals surface area contributed by atoms with Gasteiger partial charge < -0.3 is 10.6 Å². The number of nitrogens with zero attached hydrogens (tertiary/aromatic N) is 1. The van der Waals surface area contributed by atoms with Crippen LogP contribution in [0.25, 0.3) is 0 Å². The Labute approximate surface area is 131 Å². The maximum Gasteiger partial charge on any atom is 0.191 e. The molecule has 1 aromatic carbocycles. The van der Waals surface area contributed by atoms with Crippen molar-refractivity contribution in [1.29, 1.82) is 0 Å². The summed E-state index contributed by atoms with van der Waals surface area (Å²) < 4.78 is 0.206. The fourth-order valence-corrected chi connectivity index (χ4v) is 2.14. The van der Waals surface area contributed by atoms with Crippen LogP contribution in [-0.4, -0.2) is 36.8 Å². The molecule has 0 atom stereocenters. The lowest BCUT2D eigenvalue weighted by Crippen LogP contribution is -2.42. The summed E-state index contributed by atoms with van der Waals surface area (Å²) in [5.41, 5.74) is 1.26. The quantitative estimate of drug-likeness (QED) is 0.480. The number of rotatable bonds is 6. The molecular weight excluding hydrogens is 286 g/mol. The lowest BCUT2D eigenvalue weighted by atomic mass is 10.2. The summed E-state index contributed by atoms with van der Waals surface area (Å²) in [4.78, 5) is 5.55. The minimum atomic E-state index is 0.206. The van der Waals surface area contributed by atoms with E-state index in [1.807, 2.05) is 11.8 Å². The minimum absolute atomic E-state index is 0.206. The average molecular weight is 312 g/mol. The second-order valence-corrected chi connectivity index (χ2v) is 7.48. The highest BCUT2D eigenvalue weighted by Crippen LogP contribution is 2.19. The molecule has 0 aliphatic carbocycles. The summed E-state index contributed by atoms with van der Waals surface area (Å²) in [6, 6.07) is 8.60. The molecule has 5 heteroatoms. The highest BCUT2D eigenvalue weighted by Gasteiger charge is 2.15. The van der Waals surface area contributed by atoms with E-state index in [0.717, 1.165) is 19.0 Å². The van der Waals surface area contributed by atoms with Gasteiger partial charge in [0.25, 0.3) is 0 Å². The van der Waals surface area contributed by atoms with Crippen molar-refractivity contribution >= 4 is 29.5 Å². The van der Waals surface area contributed by atoms with Gasteiger partial charge in [-0.15, -0.1) is 11.8 Å². The predicted octanol–water partition coefficient (Wildman–Crippen LogP) is 3.22. The summed E-state index contributed by atoms with van der Waals surface area (Å²) in [5, 5.41) is 6.71. The fourth-order valence-electron chi connectivity index (χ4n) is 1.52. The van der Waals surface area contributed by atoms with Crippen LogP contribution in [0.2, 0.25) is 0 Å². The number of guanidine groups is 1. The number of nitrogens with one attached hydrogen (secondary N) is 2. The first-order valence-corrected chi connectivity index (χ1v) is 9.08. The number of hydrogen-bond donors (Lipinski definition) is 2. The van der Waals surface area contributed by atoms with Gasteiger partial charge in [0.1, 0.15) is 0 Å². The molecule has 0 heterocycles. The van der Waals surface area contributed by atoms with Crippen LogP contribution in [0.4, 0.5) is 0 Å². The second kappa shape index (κ2) is 8.47. The van der Waals surface area contributed by atoms with Gasteiger partial charge >= 0.3 is 0 Å². The number of thioether (sulfide) groups is 2. The molecule has 0 radical (unpaired) electrons. The highest BCUT2D eigenvalue weighted by atomic mass is 32.2. The van der Waals surface area contributed by atoms with Crippen LogP contribution in [0.5, 0.6) is 0 Å². The van der Waals surface area contributed by atoms with Crippen molar-refractivity contribution in [2.45, 2.75) is 30.0 Å². The van der Waals surface area contributed by atoms with E-state index in [-0.39, 0.29) is 4.75 Å². The Bertz CT molecular complexity index is 427. The molecular formula is C15H25N3S2. The van der Waals surface area contributed by atoms with Gasteiger partial charge in [0.2, 0.25) is 0 Å². The highest BCUT2D eigenvalue weighted by molar-refractivity contribution is 8.00. The van der Waals surface area contributed by atoms with Crippen molar-refractivity contribution in [2.24, 2.45) is 4.99 Å².